The van der Waals surface area contributed by atoms with Crippen LogP contribution in [0.25, 0.3) is 0 Å². The van der Waals surface area contributed by atoms with Crippen LogP contribution in [0.4, 0.5) is 0 Å². The van der Waals surface area contributed by atoms with Crippen molar-refractivity contribution in [3.63, 3.8) is 0 Å². The summed E-state index contributed by atoms with van der Waals surface area (Å²) in [5, 5.41) is 10.2. The summed E-state index contributed by atoms with van der Waals surface area (Å²) in [5.41, 5.74) is 0.223. The lowest BCUT2D eigenvalue weighted by Crippen LogP contribution is -2.00. The lowest BCUT2D eigenvalue weighted by molar-refractivity contribution is -0.424. The van der Waals surface area contributed by atoms with E-state index in [-0.39, 0.29) is 16.5 Å². The van der Waals surface area contributed by atoms with Gasteiger partial charge in [0.15, 0.2) is 0 Å². The molecular weight excluding hydrogens is 146 g/mol. The lowest BCUT2D eigenvalue weighted by Gasteiger charge is -1.97. The molecule has 62 valence electrons. The molecule has 0 bridgehead atoms. The second-order valence-corrected chi connectivity index (χ2v) is 2.69. The quantitative estimate of drug-likeness (QED) is 0.447. The Morgan fingerprint density at radius 2 is 2.55 bits per heavy atom. The van der Waals surface area contributed by atoms with E-state index in [1.54, 1.807) is 6.08 Å². The van der Waals surface area contributed by atoms with Crippen molar-refractivity contribution in [3.05, 3.63) is 21.9 Å². The molecule has 0 spiro atoms. The number of hydrogen-bond donors (Lipinski definition) is 0. The van der Waals surface area contributed by atoms with E-state index < -0.39 is 0 Å². The Bertz CT molecular complexity index is 182. The highest BCUT2D eigenvalue weighted by Crippen LogP contribution is 2.15. The molecule has 1 heterocycles. The predicted molar refractivity (Wildman–Crippen MR) is 39.7 cm³/mol. The molecule has 0 amide bonds. The van der Waals surface area contributed by atoms with Gasteiger partial charge in [0.25, 0.3) is 0 Å². The van der Waals surface area contributed by atoms with Gasteiger partial charge in [0.1, 0.15) is 0 Å². The first-order chi connectivity index (χ1) is 5.20. The van der Waals surface area contributed by atoms with Gasteiger partial charge >= 0.3 is 0 Å². The van der Waals surface area contributed by atoms with Crippen LogP contribution in [0.15, 0.2) is 11.8 Å². The Hall–Kier alpha value is -0.900. The minimum absolute atomic E-state index is 0.223. The third kappa shape index (κ3) is 2.31. The topological polar surface area (TPSA) is 52.4 Å². The van der Waals surface area contributed by atoms with Gasteiger partial charge in [-0.15, -0.1) is 0 Å². The summed E-state index contributed by atoms with van der Waals surface area (Å²) in [4.78, 5) is 9.82. The van der Waals surface area contributed by atoms with Crippen LogP contribution in [0, 0.1) is 16.0 Å². The first-order valence-corrected chi connectivity index (χ1v) is 3.60. The van der Waals surface area contributed by atoms with Crippen LogP contribution in [-0.2, 0) is 4.74 Å². The van der Waals surface area contributed by atoms with E-state index in [2.05, 4.69) is 0 Å². The molecule has 1 atom stereocenters. The maximum absolute atomic E-state index is 10.2. The molecule has 4 heteroatoms. The number of hydrogen-bond acceptors (Lipinski definition) is 3. The summed E-state index contributed by atoms with van der Waals surface area (Å²) < 4.78 is 5.07. The van der Waals surface area contributed by atoms with Gasteiger partial charge in [0.2, 0.25) is 5.70 Å². The molecule has 1 saturated heterocycles. The Balaban J connectivity index is 2.49. The van der Waals surface area contributed by atoms with Crippen molar-refractivity contribution in [2.45, 2.75) is 13.3 Å². The maximum atomic E-state index is 10.2. The van der Waals surface area contributed by atoms with Crippen molar-refractivity contribution in [1.29, 1.82) is 0 Å². The zero-order valence-electron chi connectivity index (χ0n) is 6.45. The van der Waals surface area contributed by atoms with Gasteiger partial charge in [0, 0.05) is 19.4 Å². The van der Waals surface area contributed by atoms with E-state index in [0.717, 1.165) is 13.0 Å². The largest absolute Gasteiger partial charge is 0.381 e. The molecule has 11 heavy (non-hydrogen) atoms. The zero-order chi connectivity index (χ0) is 8.27. The molecule has 0 aliphatic carbocycles. The standard InChI is InChI=1S/C7H11NO3/c1-6(8(9)10)4-7-2-3-11-5-7/h4,7H,2-3,5H2,1H3/b6-4+. The van der Waals surface area contributed by atoms with Crippen molar-refractivity contribution >= 4 is 0 Å². The molecule has 1 rings (SSSR count). The summed E-state index contributed by atoms with van der Waals surface area (Å²) in [6.45, 7) is 2.87. The highest BCUT2D eigenvalue weighted by atomic mass is 16.6. The second-order valence-electron chi connectivity index (χ2n) is 2.69. The highest BCUT2D eigenvalue weighted by Gasteiger charge is 2.15. The van der Waals surface area contributed by atoms with Gasteiger partial charge < -0.3 is 4.74 Å². The van der Waals surface area contributed by atoms with Gasteiger partial charge in [-0.25, -0.2) is 0 Å². The van der Waals surface area contributed by atoms with Crippen molar-refractivity contribution < 1.29 is 9.66 Å². The molecule has 1 fully saturated rings. The Morgan fingerprint density at radius 1 is 1.82 bits per heavy atom. The van der Waals surface area contributed by atoms with Crippen molar-refractivity contribution in [3.8, 4) is 0 Å². The molecule has 1 aliphatic heterocycles. The molecular formula is C7H11NO3. The third-order valence-electron chi connectivity index (χ3n) is 1.73. The van der Waals surface area contributed by atoms with Crippen LogP contribution >= 0.6 is 0 Å². The predicted octanol–water partition coefficient (Wildman–Crippen LogP) is 1.20. The fraction of sp³-hybridized carbons (Fsp3) is 0.714. The van der Waals surface area contributed by atoms with E-state index in [4.69, 9.17) is 4.74 Å². The van der Waals surface area contributed by atoms with Crippen molar-refractivity contribution in [2.75, 3.05) is 13.2 Å². The van der Waals surface area contributed by atoms with E-state index in [9.17, 15) is 10.1 Å². The van der Waals surface area contributed by atoms with Crippen molar-refractivity contribution in [1.82, 2.24) is 0 Å². The summed E-state index contributed by atoms with van der Waals surface area (Å²) in [7, 11) is 0. The zero-order valence-corrected chi connectivity index (χ0v) is 6.45. The van der Waals surface area contributed by atoms with Crippen LogP contribution < -0.4 is 0 Å². The molecule has 0 aromatic heterocycles. The number of ether oxygens (including phenoxy) is 1. The summed E-state index contributed by atoms with van der Waals surface area (Å²) in [5.74, 6) is 0.250. The summed E-state index contributed by atoms with van der Waals surface area (Å²) >= 11 is 0. The van der Waals surface area contributed by atoms with Gasteiger partial charge in [-0.05, 0) is 12.5 Å². The third-order valence-corrected chi connectivity index (χ3v) is 1.73. The fourth-order valence-corrected chi connectivity index (χ4v) is 1.09. The maximum Gasteiger partial charge on any atom is 0.239 e. The average Bonchev–Trinajstić information content (AvgIpc) is 2.39. The monoisotopic (exact) mass is 157 g/mol. The van der Waals surface area contributed by atoms with E-state index >= 15 is 0 Å². The Morgan fingerprint density at radius 3 is 3.00 bits per heavy atom. The number of allylic oxidation sites excluding steroid dienone is 1. The Kier molecular flexibility index (Phi) is 2.59. The normalized spacial score (nSPS) is 25.5. The number of nitro groups is 1. The molecule has 0 N–H and O–H groups in total. The van der Waals surface area contributed by atoms with E-state index in [0.29, 0.717) is 6.61 Å². The summed E-state index contributed by atoms with van der Waals surface area (Å²) in [6, 6.07) is 0. The van der Waals surface area contributed by atoms with Gasteiger partial charge in [-0.1, -0.05) is 0 Å². The molecule has 0 saturated carbocycles. The van der Waals surface area contributed by atoms with Crippen LogP contribution in [0.5, 0.6) is 0 Å². The Labute approximate surface area is 65.0 Å². The highest BCUT2D eigenvalue weighted by molar-refractivity contribution is 4.93. The first kappa shape index (κ1) is 8.20. The number of rotatable bonds is 2. The van der Waals surface area contributed by atoms with Gasteiger partial charge in [0.05, 0.1) is 11.5 Å². The van der Waals surface area contributed by atoms with E-state index in [1.165, 1.54) is 6.92 Å². The van der Waals surface area contributed by atoms with E-state index in [1.807, 2.05) is 0 Å². The van der Waals surface area contributed by atoms with Crippen LogP contribution in [-0.4, -0.2) is 18.1 Å². The minimum Gasteiger partial charge on any atom is -0.381 e. The lowest BCUT2D eigenvalue weighted by atomic mass is 10.1. The second kappa shape index (κ2) is 3.48. The fourth-order valence-electron chi connectivity index (χ4n) is 1.09. The smallest absolute Gasteiger partial charge is 0.239 e. The number of nitrogens with zero attached hydrogens (tertiary/aromatic N) is 1. The average molecular weight is 157 g/mol. The van der Waals surface area contributed by atoms with Crippen LogP contribution in [0.1, 0.15) is 13.3 Å². The molecule has 0 radical (unpaired) electrons. The first-order valence-electron chi connectivity index (χ1n) is 3.60. The molecule has 1 unspecified atom stereocenters. The SMILES string of the molecule is C/C(=C\C1CCOC1)[N+](=O)[O-]. The minimum atomic E-state index is -0.363. The van der Waals surface area contributed by atoms with Gasteiger partial charge in [-0.3, -0.25) is 10.1 Å². The molecule has 4 nitrogen and oxygen atoms in total. The summed E-state index contributed by atoms with van der Waals surface area (Å²) in [6.07, 6.45) is 2.58. The van der Waals surface area contributed by atoms with Crippen molar-refractivity contribution in [2.24, 2.45) is 5.92 Å². The molecule has 1 aliphatic rings. The molecule has 0 aromatic rings. The van der Waals surface area contributed by atoms with Crippen LogP contribution in [0.2, 0.25) is 0 Å². The van der Waals surface area contributed by atoms with Gasteiger partial charge in [-0.2, -0.15) is 0 Å². The van der Waals surface area contributed by atoms with Crippen LogP contribution in [0.3, 0.4) is 0 Å². The molecule has 0 aromatic carbocycles.